The van der Waals surface area contributed by atoms with Gasteiger partial charge in [-0.3, -0.25) is 4.79 Å². The predicted octanol–water partition coefficient (Wildman–Crippen LogP) is 4.28. The lowest BCUT2D eigenvalue weighted by molar-refractivity contribution is -0.0238. The summed E-state index contributed by atoms with van der Waals surface area (Å²) < 4.78 is 6.11. The number of nitrogens with zero attached hydrogens (tertiary/aromatic N) is 2. The fraction of sp³-hybridized carbons (Fsp3) is 0.375. The van der Waals surface area contributed by atoms with E-state index in [1.807, 2.05) is 19.1 Å². The van der Waals surface area contributed by atoms with E-state index in [2.05, 4.69) is 51.5 Å². The molecule has 1 saturated heterocycles. The van der Waals surface area contributed by atoms with E-state index in [-0.39, 0.29) is 11.7 Å². The van der Waals surface area contributed by atoms with Crippen LogP contribution in [0.2, 0.25) is 0 Å². The van der Waals surface area contributed by atoms with Gasteiger partial charge in [-0.05, 0) is 43.9 Å². The van der Waals surface area contributed by atoms with Gasteiger partial charge in [0.25, 0.3) is 5.56 Å². The molecule has 3 heterocycles. The minimum absolute atomic E-state index is 0.109. The highest BCUT2D eigenvalue weighted by atomic mass is 16.5. The SMILES string of the molecule is CCc1cc(=O)[nH]c(-c2ccc(NCC3CCCOC3c3ccc(C)cc3)nc2)n1. The van der Waals surface area contributed by atoms with Crippen LogP contribution in [0.1, 0.15) is 42.7 Å². The molecule has 2 atom stereocenters. The Balaban J connectivity index is 1.43. The molecule has 30 heavy (non-hydrogen) atoms. The van der Waals surface area contributed by atoms with Gasteiger partial charge in [0.05, 0.1) is 6.10 Å². The number of benzene rings is 1. The Kier molecular flexibility index (Phi) is 6.23. The van der Waals surface area contributed by atoms with Crippen LogP contribution in [0.15, 0.2) is 53.5 Å². The number of aromatic amines is 1. The van der Waals surface area contributed by atoms with E-state index in [4.69, 9.17) is 4.74 Å². The number of hydrogen-bond acceptors (Lipinski definition) is 5. The van der Waals surface area contributed by atoms with Gasteiger partial charge in [-0.1, -0.05) is 36.8 Å². The van der Waals surface area contributed by atoms with Crippen molar-refractivity contribution in [3.63, 3.8) is 0 Å². The summed E-state index contributed by atoms with van der Waals surface area (Å²) in [7, 11) is 0. The highest BCUT2D eigenvalue weighted by Gasteiger charge is 2.27. The molecule has 3 aromatic rings. The fourth-order valence-electron chi connectivity index (χ4n) is 3.88. The Labute approximate surface area is 176 Å². The van der Waals surface area contributed by atoms with Gasteiger partial charge >= 0.3 is 0 Å². The smallest absolute Gasteiger partial charge is 0.251 e. The van der Waals surface area contributed by atoms with Crippen LogP contribution >= 0.6 is 0 Å². The number of anilines is 1. The molecule has 2 unspecified atom stereocenters. The van der Waals surface area contributed by atoms with E-state index in [9.17, 15) is 4.79 Å². The average molecular weight is 405 g/mol. The molecule has 2 N–H and O–H groups in total. The first-order valence-electron chi connectivity index (χ1n) is 10.6. The highest BCUT2D eigenvalue weighted by molar-refractivity contribution is 5.55. The quantitative estimate of drug-likeness (QED) is 0.641. The summed E-state index contributed by atoms with van der Waals surface area (Å²) in [6.45, 7) is 5.69. The summed E-state index contributed by atoms with van der Waals surface area (Å²) in [6, 6.07) is 14.0. The van der Waals surface area contributed by atoms with Crippen molar-refractivity contribution in [1.29, 1.82) is 0 Å². The summed E-state index contributed by atoms with van der Waals surface area (Å²) >= 11 is 0. The van der Waals surface area contributed by atoms with Crippen molar-refractivity contribution in [1.82, 2.24) is 15.0 Å². The van der Waals surface area contributed by atoms with Crippen LogP contribution in [-0.4, -0.2) is 28.1 Å². The Hall–Kier alpha value is -2.99. The van der Waals surface area contributed by atoms with Crippen molar-refractivity contribution < 1.29 is 4.74 Å². The molecule has 1 aliphatic heterocycles. The van der Waals surface area contributed by atoms with Crippen molar-refractivity contribution in [3.8, 4) is 11.4 Å². The van der Waals surface area contributed by atoms with E-state index in [1.165, 1.54) is 17.2 Å². The van der Waals surface area contributed by atoms with Gasteiger partial charge in [-0.2, -0.15) is 0 Å². The van der Waals surface area contributed by atoms with E-state index >= 15 is 0 Å². The Morgan fingerprint density at radius 3 is 2.77 bits per heavy atom. The maximum atomic E-state index is 11.8. The van der Waals surface area contributed by atoms with Crippen LogP contribution in [0.25, 0.3) is 11.4 Å². The van der Waals surface area contributed by atoms with Crippen molar-refractivity contribution in [3.05, 3.63) is 75.8 Å². The van der Waals surface area contributed by atoms with Crippen molar-refractivity contribution in [2.24, 2.45) is 5.92 Å². The first-order chi connectivity index (χ1) is 14.6. The monoisotopic (exact) mass is 404 g/mol. The van der Waals surface area contributed by atoms with Crippen LogP contribution < -0.4 is 10.9 Å². The molecule has 0 saturated carbocycles. The lowest BCUT2D eigenvalue weighted by Crippen LogP contribution is -2.28. The summed E-state index contributed by atoms with van der Waals surface area (Å²) in [5.74, 6) is 1.75. The van der Waals surface area contributed by atoms with Gasteiger partial charge in [-0.25, -0.2) is 9.97 Å². The second-order valence-electron chi connectivity index (χ2n) is 7.86. The van der Waals surface area contributed by atoms with Gasteiger partial charge in [0, 0.05) is 42.6 Å². The van der Waals surface area contributed by atoms with Crippen molar-refractivity contribution in [2.75, 3.05) is 18.5 Å². The average Bonchev–Trinajstić information content (AvgIpc) is 2.78. The van der Waals surface area contributed by atoms with E-state index in [0.717, 1.165) is 49.5 Å². The Morgan fingerprint density at radius 1 is 1.20 bits per heavy atom. The number of aryl methyl sites for hydroxylation is 2. The van der Waals surface area contributed by atoms with Crippen LogP contribution in [0.4, 0.5) is 5.82 Å². The van der Waals surface area contributed by atoms with Crippen molar-refractivity contribution >= 4 is 5.82 Å². The van der Waals surface area contributed by atoms with Gasteiger partial charge in [0.15, 0.2) is 0 Å². The molecule has 0 amide bonds. The number of hydrogen-bond donors (Lipinski definition) is 2. The first kappa shape index (κ1) is 20.3. The molecule has 156 valence electrons. The van der Waals surface area contributed by atoms with Crippen LogP contribution in [0.5, 0.6) is 0 Å². The van der Waals surface area contributed by atoms with Gasteiger partial charge in [0.2, 0.25) is 0 Å². The number of aromatic nitrogens is 3. The first-order valence-corrected chi connectivity index (χ1v) is 10.6. The van der Waals surface area contributed by atoms with Gasteiger partial charge in [-0.15, -0.1) is 0 Å². The molecule has 0 aliphatic carbocycles. The third-order valence-corrected chi connectivity index (χ3v) is 5.59. The number of ether oxygens (including phenoxy) is 1. The Morgan fingerprint density at radius 2 is 2.03 bits per heavy atom. The van der Waals surface area contributed by atoms with Gasteiger partial charge in [0.1, 0.15) is 11.6 Å². The molecule has 2 aromatic heterocycles. The lowest BCUT2D eigenvalue weighted by Gasteiger charge is -2.32. The van der Waals surface area contributed by atoms with E-state index < -0.39 is 0 Å². The standard InChI is InChI=1S/C24H28N4O2/c1-3-20-13-22(29)28-24(27-20)19-10-11-21(26-15-19)25-14-18-5-4-12-30-23(18)17-8-6-16(2)7-9-17/h6-11,13,15,18,23H,3-5,12,14H2,1-2H3,(H,25,26)(H,27,28,29). The van der Waals surface area contributed by atoms with Crippen LogP contribution in [-0.2, 0) is 11.2 Å². The molecule has 1 fully saturated rings. The minimum Gasteiger partial charge on any atom is -0.373 e. The normalized spacial score (nSPS) is 18.9. The summed E-state index contributed by atoms with van der Waals surface area (Å²) in [4.78, 5) is 23.6. The molecular weight excluding hydrogens is 376 g/mol. The summed E-state index contributed by atoms with van der Waals surface area (Å²) in [5.41, 5.74) is 3.93. The zero-order chi connectivity index (χ0) is 20.9. The number of pyridine rings is 1. The number of H-pyrrole nitrogens is 1. The van der Waals surface area contributed by atoms with E-state index in [1.54, 1.807) is 6.20 Å². The fourth-order valence-corrected chi connectivity index (χ4v) is 3.88. The largest absolute Gasteiger partial charge is 0.373 e. The zero-order valence-corrected chi connectivity index (χ0v) is 17.5. The van der Waals surface area contributed by atoms with Crippen molar-refractivity contribution in [2.45, 2.75) is 39.2 Å². The topological polar surface area (TPSA) is 79.9 Å². The second kappa shape index (κ2) is 9.22. The summed E-state index contributed by atoms with van der Waals surface area (Å²) in [6.07, 6.45) is 4.77. The molecule has 4 rings (SSSR count). The predicted molar refractivity (Wildman–Crippen MR) is 119 cm³/mol. The molecule has 1 aliphatic rings. The molecule has 6 heteroatoms. The summed E-state index contributed by atoms with van der Waals surface area (Å²) in [5, 5.41) is 3.45. The molecule has 6 nitrogen and oxygen atoms in total. The third-order valence-electron chi connectivity index (χ3n) is 5.59. The number of nitrogens with one attached hydrogen (secondary N) is 2. The minimum atomic E-state index is -0.140. The lowest BCUT2D eigenvalue weighted by atomic mass is 9.89. The van der Waals surface area contributed by atoms with E-state index in [0.29, 0.717) is 11.7 Å². The molecular formula is C24H28N4O2. The maximum Gasteiger partial charge on any atom is 0.251 e. The van der Waals surface area contributed by atoms with Crippen LogP contribution in [0, 0.1) is 12.8 Å². The zero-order valence-electron chi connectivity index (χ0n) is 17.5. The third kappa shape index (κ3) is 4.76. The van der Waals surface area contributed by atoms with Crippen LogP contribution in [0.3, 0.4) is 0 Å². The highest BCUT2D eigenvalue weighted by Crippen LogP contribution is 2.34. The Bertz CT molecular complexity index is 1030. The second-order valence-corrected chi connectivity index (χ2v) is 7.86. The molecule has 1 aromatic carbocycles. The number of rotatable bonds is 6. The molecule has 0 spiro atoms. The molecule has 0 bridgehead atoms. The van der Waals surface area contributed by atoms with Gasteiger partial charge < -0.3 is 15.0 Å². The maximum absolute atomic E-state index is 11.8. The molecule has 0 radical (unpaired) electrons.